The Kier molecular flexibility index (Phi) is 3.13. The molecule has 12 heavy (non-hydrogen) atoms. The van der Waals surface area contributed by atoms with Gasteiger partial charge in [0, 0.05) is 18.9 Å². The normalized spacial score (nSPS) is 10.2. The van der Waals surface area contributed by atoms with Crippen LogP contribution in [0.25, 0.3) is 0 Å². The van der Waals surface area contributed by atoms with Crippen molar-refractivity contribution in [2.75, 3.05) is 7.11 Å². The SMILES string of the molecule is COCn1cc(C)c(=S)[nH]c1=S. The molecule has 0 radical (unpaired) electrons. The lowest BCUT2D eigenvalue weighted by Gasteiger charge is -2.05. The highest BCUT2D eigenvalue weighted by Gasteiger charge is 1.93. The molecule has 0 aromatic carbocycles. The van der Waals surface area contributed by atoms with Crippen LogP contribution in [0, 0.1) is 16.3 Å². The number of aromatic nitrogens is 2. The lowest BCUT2D eigenvalue weighted by atomic mass is 10.4. The minimum absolute atomic E-state index is 0.450. The van der Waals surface area contributed by atoms with Crippen molar-refractivity contribution in [3.63, 3.8) is 0 Å². The number of H-pyrrole nitrogens is 1. The van der Waals surface area contributed by atoms with Crippen LogP contribution in [0.15, 0.2) is 6.20 Å². The molecule has 1 N–H and O–H groups in total. The highest BCUT2D eigenvalue weighted by atomic mass is 32.1. The molecule has 1 aromatic rings. The summed E-state index contributed by atoms with van der Waals surface area (Å²) in [7, 11) is 1.62. The summed E-state index contributed by atoms with van der Waals surface area (Å²) >= 11 is 10.0. The zero-order valence-electron chi connectivity index (χ0n) is 6.96. The number of nitrogens with zero attached hydrogens (tertiary/aromatic N) is 1. The Hall–Kier alpha value is -0.520. The van der Waals surface area contributed by atoms with Gasteiger partial charge >= 0.3 is 0 Å². The molecule has 0 saturated heterocycles. The van der Waals surface area contributed by atoms with Crippen molar-refractivity contribution >= 4 is 24.4 Å². The highest BCUT2D eigenvalue weighted by molar-refractivity contribution is 7.72. The molecular weight excluding hydrogens is 192 g/mol. The third kappa shape index (κ3) is 2.00. The average molecular weight is 202 g/mol. The van der Waals surface area contributed by atoms with Gasteiger partial charge in [-0.1, -0.05) is 12.2 Å². The molecular formula is C7H10N2OS2. The van der Waals surface area contributed by atoms with E-state index in [9.17, 15) is 0 Å². The minimum Gasteiger partial charge on any atom is -0.364 e. The summed E-state index contributed by atoms with van der Waals surface area (Å²) in [6.07, 6.45) is 1.88. The number of aryl methyl sites for hydroxylation is 1. The zero-order valence-corrected chi connectivity index (χ0v) is 8.59. The first-order valence-corrected chi connectivity index (χ1v) is 4.26. The van der Waals surface area contributed by atoms with Crippen LogP contribution in [-0.2, 0) is 11.5 Å². The van der Waals surface area contributed by atoms with Crippen LogP contribution >= 0.6 is 24.4 Å². The number of hydrogen-bond acceptors (Lipinski definition) is 3. The van der Waals surface area contributed by atoms with Crippen LogP contribution in [0.4, 0.5) is 0 Å². The number of methoxy groups -OCH3 is 1. The number of aromatic amines is 1. The Morgan fingerprint density at radius 1 is 1.58 bits per heavy atom. The van der Waals surface area contributed by atoms with Crippen molar-refractivity contribution in [3.8, 4) is 0 Å². The Morgan fingerprint density at radius 3 is 2.83 bits per heavy atom. The molecule has 1 heterocycles. The van der Waals surface area contributed by atoms with Gasteiger partial charge in [-0.3, -0.25) is 0 Å². The number of hydrogen-bond donors (Lipinski definition) is 1. The van der Waals surface area contributed by atoms with Crippen LogP contribution in [0.3, 0.4) is 0 Å². The molecule has 0 aliphatic heterocycles. The van der Waals surface area contributed by atoms with Gasteiger partial charge < -0.3 is 14.3 Å². The summed E-state index contributed by atoms with van der Waals surface area (Å²) in [5, 5.41) is 0. The van der Waals surface area contributed by atoms with E-state index >= 15 is 0 Å². The fraction of sp³-hybridized carbons (Fsp3) is 0.429. The molecule has 0 fully saturated rings. The molecule has 0 bridgehead atoms. The predicted octanol–water partition coefficient (Wildman–Crippen LogP) is 2.19. The standard InChI is InChI=1S/C7H10N2OS2/c1-5-3-9(4-10-2)7(12)8-6(5)11/h3H,4H2,1-2H3,(H,8,11,12). The van der Waals surface area contributed by atoms with E-state index in [2.05, 4.69) is 4.98 Å². The summed E-state index contributed by atoms with van der Waals surface area (Å²) in [6, 6.07) is 0. The first-order valence-electron chi connectivity index (χ1n) is 3.44. The van der Waals surface area contributed by atoms with E-state index in [-0.39, 0.29) is 0 Å². The Bertz CT molecular complexity index is 380. The van der Waals surface area contributed by atoms with E-state index in [0.29, 0.717) is 16.1 Å². The number of rotatable bonds is 2. The summed E-state index contributed by atoms with van der Waals surface area (Å²) < 4.78 is 8.02. The van der Waals surface area contributed by atoms with Crippen molar-refractivity contribution in [2.24, 2.45) is 0 Å². The largest absolute Gasteiger partial charge is 0.364 e. The average Bonchev–Trinajstić information content (AvgIpc) is 2.01. The molecule has 0 atom stereocenters. The van der Waals surface area contributed by atoms with E-state index in [0.717, 1.165) is 5.56 Å². The Balaban J connectivity index is 3.24. The molecule has 0 spiro atoms. The molecule has 0 amide bonds. The summed E-state index contributed by atoms with van der Waals surface area (Å²) in [6.45, 7) is 2.38. The van der Waals surface area contributed by atoms with Gasteiger partial charge in [-0.15, -0.1) is 0 Å². The number of nitrogens with one attached hydrogen (secondary N) is 1. The van der Waals surface area contributed by atoms with Crippen LogP contribution in [0.5, 0.6) is 0 Å². The summed E-state index contributed by atoms with van der Waals surface area (Å²) in [4.78, 5) is 2.90. The monoisotopic (exact) mass is 202 g/mol. The third-order valence-corrected chi connectivity index (χ3v) is 2.22. The van der Waals surface area contributed by atoms with Gasteiger partial charge in [0.2, 0.25) is 0 Å². The van der Waals surface area contributed by atoms with E-state index in [4.69, 9.17) is 29.2 Å². The first-order chi connectivity index (χ1) is 5.65. The Morgan fingerprint density at radius 2 is 2.25 bits per heavy atom. The topological polar surface area (TPSA) is 29.9 Å². The Labute approximate surface area is 81.0 Å². The molecule has 0 unspecified atom stereocenters. The van der Waals surface area contributed by atoms with E-state index < -0.39 is 0 Å². The molecule has 0 aliphatic rings. The fourth-order valence-corrected chi connectivity index (χ4v) is 1.27. The smallest absolute Gasteiger partial charge is 0.180 e. The first kappa shape index (κ1) is 9.57. The maximum absolute atomic E-state index is 5.03. The maximum atomic E-state index is 5.03. The predicted molar refractivity (Wildman–Crippen MR) is 52.2 cm³/mol. The van der Waals surface area contributed by atoms with Gasteiger partial charge in [-0.05, 0) is 19.1 Å². The molecule has 0 aliphatic carbocycles. The van der Waals surface area contributed by atoms with E-state index in [1.807, 2.05) is 13.1 Å². The lowest BCUT2D eigenvalue weighted by Crippen LogP contribution is -2.04. The second-order valence-corrected chi connectivity index (χ2v) is 3.25. The zero-order chi connectivity index (χ0) is 9.14. The molecule has 5 heteroatoms. The quantitative estimate of drug-likeness (QED) is 0.746. The van der Waals surface area contributed by atoms with Crippen molar-refractivity contribution in [1.82, 2.24) is 9.55 Å². The second kappa shape index (κ2) is 3.93. The van der Waals surface area contributed by atoms with E-state index in [1.165, 1.54) is 0 Å². The van der Waals surface area contributed by atoms with Gasteiger partial charge in [-0.2, -0.15) is 0 Å². The molecule has 1 rings (SSSR count). The number of ether oxygens (including phenoxy) is 1. The van der Waals surface area contributed by atoms with Crippen LogP contribution in [-0.4, -0.2) is 16.7 Å². The van der Waals surface area contributed by atoms with Crippen molar-refractivity contribution in [3.05, 3.63) is 21.2 Å². The van der Waals surface area contributed by atoms with E-state index in [1.54, 1.807) is 11.7 Å². The summed E-state index contributed by atoms with van der Waals surface area (Å²) in [5.74, 6) is 0. The van der Waals surface area contributed by atoms with Gasteiger partial charge in [0.05, 0.1) is 0 Å². The van der Waals surface area contributed by atoms with Gasteiger partial charge in [0.1, 0.15) is 11.4 Å². The maximum Gasteiger partial charge on any atom is 0.180 e. The highest BCUT2D eigenvalue weighted by Crippen LogP contribution is 1.99. The molecule has 3 nitrogen and oxygen atoms in total. The lowest BCUT2D eigenvalue weighted by molar-refractivity contribution is 0.128. The van der Waals surface area contributed by atoms with Gasteiger partial charge in [-0.25, -0.2) is 0 Å². The van der Waals surface area contributed by atoms with Crippen molar-refractivity contribution in [1.29, 1.82) is 0 Å². The van der Waals surface area contributed by atoms with Crippen LogP contribution in [0.2, 0.25) is 0 Å². The molecule has 0 saturated carbocycles. The third-order valence-electron chi connectivity index (χ3n) is 1.46. The van der Waals surface area contributed by atoms with Gasteiger partial charge in [0.25, 0.3) is 0 Å². The minimum atomic E-state index is 0.450. The summed E-state index contributed by atoms with van der Waals surface area (Å²) in [5.41, 5.74) is 0.996. The van der Waals surface area contributed by atoms with Gasteiger partial charge in [0.15, 0.2) is 4.77 Å². The van der Waals surface area contributed by atoms with Crippen LogP contribution < -0.4 is 0 Å². The van der Waals surface area contributed by atoms with Crippen molar-refractivity contribution < 1.29 is 4.74 Å². The molecule has 1 aromatic heterocycles. The van der Waals surface area contributed by atoms with Crippen LogP contribution in [0.1, 0.15) is 5.56 Å². The second-order valence-electron chi connectivity index (χ2n) is 2.46. The molecule has 66 valence electrons. The fourth-order valence-electron chi connectivity index (χ4n) is 0.853. The van der Waals surface area contributed by atoms with Crippen molar-refractivity contribution in [2.45, 2.75) is 13.7 Å².